The van der Waals surface area contributed by atoms with Crippen LogP contribution in [0.4, 0.5) is 11.6 Å². The summed E-state index contributed by atoms with van der Waals surface area (Å²) in [7, 11) is 0. The molecule has 0 aliphatic carbocycles. The maximum absolute atomic E-state index is 11.0. The van der Waals surface area contributed by atoms with E-state index < -0.39 is 5.97 Å². The lowest BCUT2D eigenvalue weighted by molar-refractivity contribution is 0.0690. The summed E-state index contributed by atoms with van der Waals surface area (Å²) >= 11 is 3.39. The largest absolute Gasteiger partial charge is 0.477 e. The number of hydrogen-bond donors (Lipinski definition) is 2. The Kier molecular flexibility index (Phi) is 3.80. The molecule has 0 aliphatic heterocycles. The van der Waals surface area contributed by atoms with Crippen molar-refractivity contribution in [3.63, 3.8) is 0 Å². The SMILES string of the molecule is Cc1cc(C(=O)O)nc(Nc2cc(Br)ccc2C)n1. The maximum Gasteiger partial charge on any atom is 0.354 e. The number of aromatic nitrogens is 2. The third kappa shape index (κ3) is 3.29. The molecule has 0 bridgehead atoms. The van der Waals surface area contributed by atoms with Crippen LogP contribution in [0.3, 0.4) is 0 Å². The van der Waals surface area contributed by atoms with Gasteiger partial charge in [-0.1, -0.05) is 22.0 Å². The van der Waals surface area contributed by atoms with E-state index in [2.05, 4.69) is 31.2 Å². The molecule has 2 N–H and O–H groups in total. The predicted octanol–water partition coefficient (Wildman–Crippen LogP) is 3.30. The van der Waals surface area contributed by atoms with Crippen molar-refractivity contribution in [2.45, 2.75) is 13.8 Å². The van der Waals surface area contributed by atoms with Crippen molar-refractivity contribution in [1.82, 2.24) is 9.97 Å². The summed E-state index contributed by atoms with van der Waals surface area (Å²) in [6.45, 7) is 3.68. The molecule has 0 saturated heterocycles. The second kappa shape index (κ2) is 5.36. The molecule has 2 aromatic rings. The number of carboxylic acids is 1. The first-order valence-corrected chi connectivity index (χ1v) is 6.37. The fourth-order valence-corrected chi connectivity index (χ4v) is 1.94. The summed E-state index contributed by atoms with van der Waals surface area (Å²) in [5.74, 6) is -0.793. The summed E-state index contributed by atoms with van der Waals surface area (Å²) in [6.07, 6.45) is 0. The van der Waals surface area contributed by atoms with Crippen LogP contribution >= 0.6 is 15.9 Å². The van der Waals surface area contributed by atoms with E-state index in [-0.39, 0.29) is 11.6 Å². The van der Waals surface area contributed by atoms with Crippen LogP contribution in [0.1, 0.15) is 21.7 Å². The van der Waals surface area contributed by atoms with E-state index >= 15 is 0 Å². The van der Waals surface area contributed by atoms with Gasteiger partial charge in [0.25, 0.3) is 0 Å². The molecule has 0 amide bonds. The van der Waals surface area contributed by atoms with E-state index in [1.54, 1.807) is 6.92 Å². The monoisotopic (exact) mass is 321 g/mol. The molecule has 0 fully saturated rings. The number of anilines is 2. The molecule has 0 atom stereocenters. The molecule has 5 nitrogen and oxygen atoms in total. The Bertz CT molecular complexity index is 644. The van der Waals surface area contributed by atoms with Gasteiger partial charge in [-0.25, -0.2) is 14.8 Å². The molecule has 1 aromatic heterocycles. The van der Waals surface area contributed by atoms with Gasteiger partial charge in [-0.3, -0.25) is 0 Å². The highest BCUT2D eigenvalue weighted by atomic mass is 79.9. The van der Waals surface area contributed by atoms with E-state index in [1.807, 2.05) is 25.1 Å². The Morgan fingerprint density at radius 1 is 1.26 bits per heavy atom. The van der Waals surface area contributed by atoms with Crippen molar-refractivity contribution in [3.8, 4) is 0 Å². The minimum atomic E-state index is -1.07. The summed E-state index contributed by atoms with van der Waals surface area (Å²) < 4.78 is 0.923. The van der Waals surface area contributed by atoms with Crippen LogP contribution in [0.2, 0.25) is 0 Å². The number of aryl methyl sites for hydroxylation is 2. The predicted molar refractivity (Wildman–Crippen MR) is 75.9 cm³/mol. The lowest BCUT2D eigenvalue weighted by Gasteiger charge is -2.09. The number of carbonyl (C=O) groups is 1. The average Bonchev–Trinajstić information content (AvgIpc) is 2.33. The maximum atomic E-state index is 11.0. The second-order valence-electron chi connectivity index (χ2n) is 4.11. The van der Waals surface area contributed by atoms with Crippen molar-refractivity contribution in [2.24, 2.45) is 0 Å². The zero-order chi connectivity index (χ0) is 14.0. The molecule has 1 heterocycles. The third-order valence-electron chi connectivity index (χ3n) is 2.52. The average molecular weight is 322 g/mol. The molecule has 0 aliphatic rings. The van der Waals surface area contributed by atoms with Gasteiger partial charge in [0.2, 0.25) is 5.95 Å². The van der Waals surface area contributed by atoms with Gasteiger partial charge in [-0.05, 0) is 37.6 Å². The molecule has 0 spiro atoms. The molecule has 0 saturated carbocycles. The molecule has 0 radical (unpaired) electrons. The van der Waals surface area contributed by atoms with Crippen LogP contribution in [-0.4, -0.2) is 21.0 Å². The summed E-state index contributed by atoms with van der Waals surface area (Å²) in [5.41, 5.74) is 2.42. The number of nitrogens with one attached hydrogen (secondary N) is 1. The molecule has 6 heteroatoms. The standard InChI is InChI=1S/C13H12BrN3O2/c1-7-3-4-9(14)6-10(7)16-13-15-8(2)5-11(17-13)12(18)19/h3-6H,1-2H3,(H,18,19)(H,15,16,17). The van der Waals surface area contributed by atoms with Crippen molar-refractivity contribution < 1.29 is 9.90 Å². The van der Waals surface area contributed by atoms with Gasteiger partial charge in [0.1, 0.15) is 0 Å². The van der Waals surface area contributed by atoms with Gasteiger partial charge >= 0.3 is 5.97 Å². The Morgan fingerprint density at radius 3 is 2.68 bits per heavy atom. The van der Waals surface area contributed by atoms with E-state index in [0.29, 0.717) is 5.69 Å². The van der Waals surface area contributed by atoms with Crippen LogP contribution in [0.15, 0.2) is 28.7 Å². The van der Waals surface area contributed by atoms with E-state index in [0.717, 1.165) is 15.7 Å². The number of aromatic carboxylic acids is 1. The fraction of sp³-hybridized carbons (Fsp3) is 0.154. The number of nitrogens with zero attached hydrogens (tertiary/aromatic N) is 2. The first kappa shape index (κ1) is 13.5. The van der Waals surface area contributed by atoms with Gasteiger partial charge in [-0.2, -0.15) is 0 Å². The Morgan fingerprint density at radius 2 is 2.00 bits per heavy atom. The zero-order valence-corrected chi connectivity index (χ0v) is 12.0. The van der Waals surface area contributed by atoms with Crippen molar-refractivity contribution >= 4 is 33.5 Å². The molecular formula is C13H12BrN3O2. The lowest BCUT2D eigenvalue weighted by atomic mass is 10.2. The molecule has 98 valence electrons. The number of hydrogen-bond acceptors (Lipinski definition) is 4. The zero-order valence-electron chi connectivity index (χ0n) is 10.4. The number of rotatable bonds is 3. The summed E-state index contributed by atoms with van der Waals surface area (Å²) in [4.78, 5) is 19.1. The van der Waals surface area contributed by atoms with Crippen molar-refractivity contribution in [2.75, 3.05) is 5.32 Å². The Labute approximate surface area is 118 Å². The van der Waals surface area contributed by atoms with Gasteiger partial charge in [0.05, 0.1) is 0 Å². The van der Waals surface area contributed by atoms with Crippen LogP contribution in [-0.2, 0) is 0 Å². The number of halogens is 1. The quantitative estimate of drug-likeness (QED) is 0.907. The van der Waals surface area contributed by atoms with Crippen LogP contribution in [0, 0.1) is 13.8 Å². The molecule has 2 rings (SSSR count). The van der Waals surface area contributed by atoms with Crippen LogP contribution in [0.25, 0.3) is 0 Å². The van der Waals surface area contributed by atoms with Gasteiger partial charge in [-0.15, -0.1) is 0 Å². The van der Waals surface area contributed by atoms with Crippen molar-refractivity contribution in [3.05, 3.63) is 45.7 Å². The molecular weight excluding hydrogens is 310 g/mol. The lowest BCUT2D eigenvalue weighted by Crippen LogP contribution is -2.07. The highest BCUT2D eigenvalue weighted by molar-refractivity contribution is 9.10. The van der Waals surface area contributed by atoms with Crippen LogP contribution < -0.4 is 5.32 Å². The second-order valence-corrected chi connectivity index (χ2v) is 5.02. The third-order valence-corrected chi connectivity index (χ3v) is 3.01. The number of benzene rings is 1. The Balaban J connectivity index is 2.38. The topological polar surface area (TPSA) is 75.1 Å². The van der Waals surface area contributed by atoms with Crippen molar-refractivity contribution in [1.29, 1.82) is 0 Å². The minimum absolute atomic E-state index is 0.0253. The first-order chi connectivity index (χ1) is 8.95. The fourth-order valence-electron chi connectivity index (χ4n) is 1.58. The minimum Gasteiger partial charge on any atom is -0.477 e. The van der Waals surface area contributed by atoms with Gasteiger partial charge in [0, 0.05) is 15.9 Å². The van der Waals surface area contributed by atoms with E-state index in [9.17, 15) is 4.79 Å². The Hall–Kier alpha value is -1.95. The highest BCUT2D eigenvalue weighted by Crippen LogP contribution is 2.23. The van der Waals surface area contributed by atoms with Gasteiger partial charge < -0.3 is 10.4 Å². The molecule has 19 heavy (non-hydrogen) atoms. The normalized spacial score (nSPS) is 10.3. The highest BCUT2D eigenvalue weighted by Gasteiger charge is 2.09. The smallest absolute Gasteiger partial charge is 0.354 e. The van der Waals surface area contributed by atoms with Gasteiger partial charge in [0.15, 0.2) is 5.69 Å². The van der Waals surface area contributed by atoms with E-state index in [1.165, 1.54) is 6.07 Å². The summed E-state index contributed by atoms with van der Waals surface area (Å²) in [6, 6.07) is 7.20. The van der Waals surface area contributed by atoms with Crippen LogP contribution in [0.5, 0.6) is 0 Å². The van der Waals surface area contributed by atoms with E-state index in [4.69, 9.17) is 5.11 Å². The molecule has 0 unspecified atom stereocenters. The summed E-state index contributed by atoms with van der Waals surface area (Å²) in [5, 5.41) is 12.0. The number of carboxylic acid groups (broad SMARTS) is 1. The first-order valence-electron chi connectivity index (χ1n) is 5.58. The molecule has 1 aromatic carbocycles.